The molecule has 30 heavy (non-hydrogen) atoms. The molecule has 148 valence electrons. The minimum atomic E-state index is -0.341. The Balaban J connectivity index is 1.55. The molecule has 0 saturated heterocycles. The van der Waals surface area contributed by atoms with Crippen LogP contribution in [0.15, 0.2) is 66.7 Å². The highest BCUT2D eigenvalue weighted by molar-refractivity contribution is 6.34. The maximum absolute atomic E-state index is 13.4. The highest BCUT2D eigenvalue weighted by Gasteiger charge is 2.34. The number of hydrogen-bond donors (Lipinski definition) is 0. The molecule has 0 bridgehead atoms. The number of carbonyl (C=O) groups is 2. The number of rotatable bonds is 3. The topological polar surface area (TPSA) is 55.8 Å². The van der Waals surface area contributed by atoms with E-state index in [4.69, 9.17) is 21.1 Å². The fourth-order valence-corrected chi connectivity index (χ4v) is 3.76. The number of nitrogens with zero attached hydrogens (tertiary/aromatic N) is 1. The van der Waals surface area contributed by atoms with Crippen molar-refractivity contribution >= 4 is 35.1 Å². The summed E-state index contributed by atoms with van der Waals surface area (Å²) in [5, 5.41) is 0.618. The number of fused-ring (bicyclic) bond motifs is 2. The Morgan fingerprint density at radius 2 is 1.60 bits per heavy atom. The van der Waals surface area contributed by atoms with Gasteiger partial charge < -0.3 is 9.47 Å². The van der Waals surface area contributed by atoms with Gasteiger partial charge in [0.25, 0.3) is 11.8 Å². The van der Waals surface area contributed by atoms with Gasteiger partial charge in [0.2, 0.25) is 6.79 Å². The van der Waals surface area contributed by atoms with Gasteiger partial charge in [0.15, 0.2) is 11.5 Å². The predicted octanol–water partition coefficient (Wildman–Crippen LogP) is 4.79. The van der Waals surface area contributed by atoms with Crippen LogP contribution in [0, 0.1) is 0 Å². The summed E-state index contributed by atoms with van der Waals surface area (Å²) in [6.07, 6.45) is 1.79. The fourth-order valence-electron chi connectivity index (χ4n) is 3.63. The van der Waals surface area contributed by atoms with E-state index in [-0.39, 0.29) is 25.2 Å². The Kier molecular flexibility index (Phi) is 4.52. The van der Waals surface area contributed by atoms with Gasteiger partial charge in [-0.2, -0.15) is 0 Å². The van der Waals surface area contributed by atoms with Crippen molar-refractivity contribution in [2.24, 2.45) is 0 Å². The molecule has 2 aliphatic heterocycles. The minimum absolute atomic E-state index is 0.139. The maximum atomic E-state index is 13.4. The third-order valence-corrected chi connectivity index (χ3v) is 5.38. The van der Waals surface area contributed by atoms with Crippen molar-refractivity contribution in [1.82, 2.24) is 4.90 Å². The van der Waals surface area contributed by atoms with E-state index in [1.54, 1.807) is 48.5 Å². The average Bonchev–Trinajstić information content (AvgIpc) is 3.23. The zero-order valence-corrected chi connectivity index (χ0v) is 16.6. The van der Waals surface area contributed by atoms with E-state index in [0.29, 0.717) is 33.2 Å². The van der Waals surface area contributed by atoms with E-state index >= 15 is 0 Å². The first-order chi connectivity index (χ1) is 14.6. The Bertz CT molecular complexity index is 1200. The molecule has 2 heterocycles. The summed E-state index contributed by atoms with van der Waals surface area (Å²) in [7, 11) is 0. The molecule has 0 radical (unpaired) electrons. The maximum Gasteiger partial charge on any atom is 0.261 e. The molecule has 0 unspecified atom stereocenters. The van der Waals surface area contributed by atoms with Gasteiger partial charge in [-0.15, -0.1) is 0 Å². The number of hydrogen-bond acceptors (Lipinski definition) is 4. The molecule has 3 aromatic rings. The van der Waals surface area contributed by atoms with E-state index in [1.807, 2.05) is 24.3 Å². The van der Waals surface area contributed by atoms with E-state index < -0.39 is 0 Å². The minimum Gasteiger partial charge on any atom is -0.454 e. The second-order valence-corrected chi connectivity index (χ2v) is 7.48. The molecule has 0 atom stereocenters. The van der Waals surface area contributed by atoms with Crippen molar-refractivity contribution in [3.63, 3.8) is 0 Å². The van der Waals surface area contributed by atoms with Crippen LogP contribution in [0.5, 0.6) is 11.5 Å². The van der Waals surface area contributed by atoms with E-state index in [1.165, 1.54) is 4.90 Å². The molecule has 2 amide bonds. The van der Waals surface area contributed by atoms with Crippen molar-refractivity contribution in [2.45, 2.75) is 6.54 Å². The molecule has 0 spiro atoms. The van der Waals surface area contributed by atoms with Crippen molar-refractivity contribution in [3.8, 4) is 11.5 Å². The number of carbonyl (C=O) groups excluding carboxylic acids is 2. The lowest BCUT2D eigenvalue weighted by Gasteiger charge is -2.28. The summed E-state index contributed by atoms with van der Waals surface area (Å²) in [6, 6.07) is 19.8. The molecule has 0 aromatic heterocycles. The van der Waals surface area contributed by atoms with E-state index in [9.17, 15) is 9.59 Å². The van der Waals surface area contributed by atoms with Crippen LogP contribution in [0.4, 0.5) is 0 Å². The van der Waals surface area contributed by atoms with Crippen molar-refractivity contribution in [1.29, 1.82) is 0 Å². The largest absolute Gasteiger partial charge is 0.454 e. The standard InChI is InChI=1S/C24H16ClNO4/c25-17-8-5-15(6-9-17)11-20-18-3-1-2-4-19(18)23(27)26(24(20)28)13-16-7-10-21-22(12-16)30-14-29-21/h1-12H,13-14H2/b20-11+. The Hall–Kier alpha value is -3.57. The molecule has 5 rings (SSSR count). The van der Waals surface area contributed by atoms with Crippen LogP contribution in [0.25, 0.3) is 11.6 Å². The van der Waals surface area contributed by atoms with Gasteiger partial charge in [0, 0.05) is 16.2 Å². The van der Waals surface area contributed by atoms with Crippen LogP contribution in [-0.4, -0.2) is 23.5 Å². The Morgan fingerprint density at radius 1 is 0.867 bits per heavy atom. The number of benzene rings is 3. The normalized spacial score (nSPS) is 16.2. The Morgan fingerprint density at radius 3 is 2.40 bits per heavy atom. The second kappa shape index (κ2) is 7.35. The molecular weight excluding hydrogens is 402 g/mol. The molecule has 6 heteroatoms. The lowest BCUT2D eigenvalue weighted by Crippen LogP contribution is -2.41. The quantitative estimate of drug-likeness (QED) is 0.454. The fraction of sp³-hybridized carbons (Fsp3) is 0.0833. The molecule has 0 fully saturated rings. The third-order valence-electron chi connectivity index (χ3n) is 5.13. The van der Waals surface area contributed by atoms with Crippen LogP contribution < -0.4 is 9.47 Å². The molecule has 3 aromatic carbocycles. The van der Waals surface area contributed by atoms with Gasteiger partial charge in [-0.1, -0.05) is 48.0 Å². The monoisotopic (exact) mass is 417 g/mol. The van der Waals surface area contributed by atoms with Crippen LogP contribution in [0.2, 0.25) is 5.02 Å². The smallest absolute Gasteiger partial charge is 0.261 e. The van der Waals surface area contributed by atoms with Crippen LogP contribution in [0.1, 0.15) is 27.0 Å². The number of ether oxygens (including phenoxy) is 2. The van der Waals surface area contributed by atoms with Gasteiger partial charge in [0.05, 0.1) is 6.54 Å². The highest BCUT2D eigenvalue weighted by Crippen LogP contribution is 2.35. The van der Waals surface area contributed by atoms with Crippen molar-refractivity contribution in [2.75, 3.05) is 6.79 Å². The summed E-state index contributed by atoms with van der Waals surface area (Å²) in [5.74, 6) is 0.610. The first-order valence-corrected chi connectivity index (χ1v) is 9.79. The number of halogens is 1. The van der Waals surface area contributed by atoms with Gasteiger partial charge in [-0.3, -0.25) is 14.5 Å². The molecule has 0 aliphatic carbocycles. The molecule has 2 aliphatic rings. The molecular formula is C24H16ClNO4. The first-order valence-electron chi connectivity index (χ1n) is 9.41. The lowest BCUT2D eigenvalue weighted by atomic mass is 9.91. The van der Waals surface area contributed by atoms with Gasteiger partial charge in [0.1, 0.15) is 0 Å². The van der Waals surface area contributed by atoms with Crippen LogP contribution >= 0.6 is 11.6 Å². The zero-order valence-electron chi connectivity index (χ0n) is 15.8. The predicted molar refractivity (Wildman–Crippen MR) is 113 cm³/mol. The number of imide groups is 1. The lowest BCUT2D eigenvalue weighted by molar-refractivity contribution is -0.123. The van der Waals surface area contributed by atoms with E-state index in [0.717, 1.165) is 11.1 Å². The second-order valence-electron chi connectivity index (χ2n) is 7.04. The third kappa shape index (κ3) is 3.23. The van der Waals surface area contributed by atoms with Crippen LogP contribution in [0.3, 0.4) is 0 Å². The zero-order chi connectivity index (χ0) is 20.7. The summed E-state index contributed by atoms with van der Waals surface area (Å²) in [4.78, 5) is 27.7. The summed E-state index contributed by atoms with van der Waals surface area (Å²) in [5.41, 5.74) is 3.21. The molecule has 0 N–H and O–H groups in total. The van der Waals surface area contributed by atoms with Gasteiger partial charge >= 0.3 is 0 Å². The van der Waals surface area contributed by atoms with E-state index in [2.05, 4.69) is 0 Å². The molecule has 0 saturated carbocycles. The SMILES string of the molecule is O=C1/C(=C/c2ccc(Cl)cc2)c2ccccc2C(=O)N1Cc1ccc2c(c1)OCO2. The van der Waals surface area contributed by atoms with Gasteiger partial charge in [-0.25, -0.2) is 0 Å². The number of amides is 2. The summed E-state index contributed by atoms with van der Waals surface area (Å²) < 4.78 is 10.8. The highest BCUT2D eigenvalue weighted by atomic mass is 35.5. The average molecular weight is 418 g/mol. The Labute approximate surface area is 178 Å². The van der Waals surface area contributed by atoms with Crippen molar-refractivity contribution in [3.05, 3.63) is 94.0 Å². The summed E-state index contributed by atoms with van der Waals surface area (Å²) in [6.45, 7) is 0.308. The summed E-state index contributed by atoms with van der Waals surface area (Å²) >= 11 is 5.98. The van der Waals surface area contributed by atoms with Gasteiger partial charge in [-0.05, 0) is 53.1 Å². The first kappa shape index (κ1) is 18.5. The molecule has 5 nitrogen and oxygen atoms in total. The van der Waals surface area contributed by atoms with Crippen LogP contribution in [-0.2, 0) is 11.3 Å². The van der Waals surface area contributed by atoms with Crippen molar-refractivity contribution < 1.29 is 19.1 Å².